The van der Waals surface area contributed by atoms with E-state index in [1.807, 2.05) is 6.08 Å². The molecular weight excluding hydrogens is 875 g/mol. The van der Waals surface area contributed by atoms with E-state index in [2.05, 4.69) is 117 Å². The summed E-state index contributed by atoms with van der Waals surface area (Å²) in [6.07, 6.45) is 77.7. The molecule has 0 aliphatic rings. The number of hydrogen-bond donors (Lipinski definition) is 3. The molecule has 0 radical (unpaired) electrons. The van der Waals surface area contributed by atoms with Gasteiger partial charge in [-0.15, -0.1) is 0 Å². The zero-order valence-electron chi connectivity index (χ0n) is 46.6. The second-order valence-corrected chi connectivity index (χ2v) is 20.0. The lowest BCUT2D eigenvalue weighted by Crippen LogP contribution is -2.46. The predicted molar refractivity (Wildman–Crippen MR) is 310 cm³/mol. The molecule has 0 bridgehead atoms. The number of carbonyl (C=O) groups excluding carboxylic acids is 2. The van der Waals surface area contributed by atoms with Gasteiger partial charge in [-0.05, 0) is 89.9 Å². The van der Waals surface area contributed by atoms with Gasteiger partial charge in [0, 0.05) is 6.42 Å². The summed E-state index contributed by atoms with van der Waals surface area (Å²) < 4.78 is 5.91. The van der Waals surface area contributed by atoms with E-state index in [9.17, 15) is 19.8 Å². The first-order valence-corrected chi connectivity index (χ1v) is 30.0. The number of hydrogen-bond acceptors (Lipinski definition) is 5. The molecule has 0 rings (SSSR count). The van der Waals surface area contributed by atoms with E-state index in [1.165, 1.54) is 135 Å². The van der Waals surface area contributed by atoms with Gasteiger partial charge in [-0.2, -0.15) is 0 Å². The molecule has 6 heteroatoms. The summed E-state index contributed by atoms with van der Waals surface area (Å²) in [5, 5.41) is 23.9. The maximum Gasteiger partial charge on any atom is 0.306 e. The van der Waals surface area contributed by atoms with Crippen molar-refractivity contribution in [3.05, 3.63) is 97.2 Å². The molecule has 1 amide bonds. The molecule has 0 aliphatic carbocycles. The Balaban J connectivity index is 4.71. The van der Waals surface area contributed by atoms with Crippen LogP contribution < -0.4 is 5.32 Å². The SMILES string of the molecule is CC/C=C\C/C=C\C/C=C\C/C=C\C/C=C\C/C=C\CCC(=O)OC(CCCCC/C=C/C=C/CCCCCCCCC)CC(=O)NC(CO)C(O)CCCCCCCCCCCCCCCCCCC. The highest BCUT2D eigenvalue weighted by Gasteiger charge is 2.24. The summed E-state index contributed by atoms with van der Waals surface area (Å²) in [6, 6.07) is -0.732. The number of carbonyl (C=O) groups is 2. The van der Waals surface area contributed by atoms with Crippen LogP contribution in [0.1, 0.15) is 278 Å². The first-order valence-electron chi connectivity index (χ1n) is 30.0. The molecule has 0 aromatic carbocycles. The second-order valence-electron chi connectivity index (χ2n) is 20.0. The molecule has 0 aliphatic heterocycles. The highest BCUT2D eigenvalue weighted by Crippen LogP contribution is 2.17. The van der Waals surface area contributed by atoms with Crippen LogP contribution in [-0.2, 0) is 14.3 Å². The van der Waals surface area contributed by atoms with Crippen LogP contribution in [0.2, 0.25) is 0 Å². The third kappa shape index (κ3) is 52.9. The Morgan fingerprint density at radius 2 is 0.803 bits per heavy atom. The van der Waals surface area contributed by atoms with Crippen molar-refractivity contribution in [2.75, 3.05) is 6.61 Å². The number of ether oxygens (including phenoxy) is 1. The summed E-state index contributed by atoms with van der Waals surface area (Å²) in [4.78, 5) is 26.3. The van der Waals surface area contributed by atoms with E-state index in [0.29, 0.717) is 19.3 Å². The summed E-state index contributed by atoms with van der Waals surface area (Å²) >= 11 is 0. The van der Waals surface area contributed by atoms with Crippen LogP contribution in [0.4, 0.5) is 0 Å². The Hall–Kier alpha value is -3.22. The van der Waals surface area contributed by atoms with Gasteiger partial charge in [0.25, 0.3) is 0 Å². The van der Waals surface area contributed by atoms with Gasteiger partial charge in [0.2, 0.25) is 5.91 Å². The average molecular weight is 989 g/mol. The minimum Gasteiger partial charge on any atom is -0.462 e. The van der Waals surface area contributed by atoms with Gasteiger partial charge in [-0.1, -0.05) is 272 Å². The fraction of sp³-hybridized carbons (Fsp3) is 0.723. The molecule has 0 aromatic rings. The van der Waals surface area contributed by atoms with Gasteiger partial charge in [0.05, 0.1) is 25.2 Å². The van der Waals surface area contributed by atoms with Crippen LogP contribution in [0.15, 0.2) is 97.2 Å². The van der Waals surface area contributed by atoms with Crippen LogP contribution >= 0.6 is 0 Å². The quantitative estimate of drug-likeness (QED) is 0.0244. The summed E-state index contributed by atoms with van der Waals surface area (Å²) in [5.41, 5.74) is 0. The average Bonchev–Trinajstić information content (AvgIpc) is 3.36. The van der Waals surface area contributed by atoms with Crippen molar-refractivity contribution in [3.8, 4) is 0 Å². The van der Waals surface area contributed by atoms with Crippen molar-refractivity contribution in [1.82, 2.24) is 5.32 Å². The highest BCUT2D eigenvalue weighted by molar-refractivity contribution is 5.77. The van der Waals surface area contributed by atoms with Crippen molar-refractivity contribution >= 4 is 11.9 Å². The molecule has 0 heterocycles. The minimum atomic E-state index is -0.814. The number of allylic oxidation sites excluding steroid dienone is 16. The maximum absolute atomic E-state index is 13.3. The Morgan fingerprint density at radius 1 is 0.437 bits per heavy atom. The molecule has 3 unspecified atom stereocenters. The molecule has 0 spiro atoms. The number of aliphatic hydroxyl groups excluding tert-OH is 2. The van der Waals surface area contributed by atoms with Crippen molar-refractivity contribution in [2.45, 2.75) is 296 Å². The highest BCUT2D eigenvalue weighted by atomic mass is 16.5. The van der Waals surface area contributed by atoms with E-state index >= 15 is 0 Å². The smallest absolute Gasteiger partial charge is 0.306 e. The minimum absolute atomic E-state index is 0.0252. The molecule has 0 saturated heterocycles. The zero-order chi connectivity index (χ0) is 51.6. The number of esters is 1. The van der Waals surface area contributed by atoms with Crippen LogP contribution in [0.25, 0.3) is 0 Å². The molecular formula is C65H113NO5. The van der Waals surface area contributed by atoms with E-state index < -0.39 is 18.2 Å². The molecule has 0 aromatic heterocycles. The predicted octanol–water partition coefficient (Wildman–Crippen LogP) is 18.8. The Bertz CT molecular complexity index is 1390. The number of unbranched alkanes of at least 4 members (excludes halogenated alkanes) is 26. The monoisotopic (exact) mass is 988 g/mol. The lowest BCUT2D eigenvalue weighted by Gasteiger charge is -2.24. The van der Waals surface area contributed by atoms with Gasteiger partial charge in [-0.25, -0.2) is 0 Å². The van der Waals surface area contributed by atoms with Crippen LogP contribution in [-0.4, -0.2) is 46.9 Å². The number of rotatable bonds is 53. The van der Waals surface area contributed by atoms with E-state index in [1.54, 1.807) is 0 Å². The first kappa shape index (κ1) is 67.8. The third-order valence-electron chi connectivity index (χ3n) is 13.2. The standard InChI is InChI=1S/C65H113NO5/c1-4-7-10-13-16-19-22-25-28-31-32-34-37-40-43-46-49-52-55-58-65(70)71-61(56-53-50-47-44-41-38-35-30-27-24-21-18-15-12-9-6-3)59-64(69)66-62(60-67)63(68)57-54-51-48-45-42-39-36-33-29-26-23-20-17-14-11-8-5-2/h7,10,16,19,25,28,30,32,34-35,38,40-41,43,49,52,61-63,67-68H,4-6,8-9,11-15,17-18,20-24,26-27,29,31,33,36-37,39,42,44-48,50-51,53-60H2,1-3H3,(H,66,69)/b10-7-,19-16-,28-25-,34-32-,35-30+,41-38+,43-40-,52-49-. The molecule has 0 saturated carbocycles. The summed E-state index contributed by atoms with van der Waals surface area (Å²) in [7, 11) is 0. The summed E-state index contributed by atoms with van der Waals surface area (Å²) in [5.74, 6) is -0.599. The van der Waals surface area contributed by atoms with Gasteiger partial charge in [-0.3, -0.25) is 9.59 Å². The van der Waals surface area contributed by atoms with E-state index in [4.69, 9.17) is 4.74 Å². The second kappa shape index (κ2) is 57.7. The lowest BCUT2D eigenvalue weighted by atomic mass is 10.0. The first-order chi connectivity index (χ1) is 35.0. The summed E-state index contributed by atoms with van der Waals surface area (Å²) in [6.45, 7) is 6.37. The van der Waals surface area contributed by atoms with Crippen LogP contribution in [0.3, 0.4) is 0 Å². The number of amides is 1. The van der Waals surface area contributed by atoms with Crippen LogP contribution in [0.5, 0.6) is 0 Å². The van der Waals surface area contributed by atoms with Crippen molar-refractivity contribution in [1.29, 1.82) is 0 Å². The third-order valence-corrected chi connectivity index (χ3v) is 13.2. The molecule has 3 N–H and O–H groups in total. The maximum atomic E-state index is 13.3. The zero-order valence-corrected chi connectivity index (χ0v) is 46.6. The van der Waals surface area contributed by atoms with E-state index in [0.717, 1.165) is 89.9 Å². The fourth-order valence-electron chi connectivity index (χ4n) is 8.68. The number of aliphatic hydroxyl groups is 2. The van der Waals surface area contributed by atoms with Crippen molar-refractivity contribution < 1.29 is 24.5 Å². The van der Waals surface area contributed by atoms with Crippen LogP contribution in [0, 0.1) is 0 Å². The Labute approximate surface area is 439 Å². The number of nitrogens with one attached hydrogen (secondary N) is 1. The van der Waals surface area contributed by atoms with Gasteiger partial charge >= 0.3 is 5.97 Å². The normalized spacial score (nSPS) is 13.8. The Kier molecular flexibility index (Phi) is 55.1. The van der Waals surface area contributed by atoms with Gasteiger partial charge < -0.3 is 20.3 Å². The largest absolute Gasteiger partial charge is 0.462 e. The van der Waals surface area contributed by atoms with Gasteiger partial charge in [0.1, 0.15) is 6.10 Å². The molecule has 0 fully saturated rings. The molecule has 71 heavy (non-hydrogen) atoms. The topological polar surface area (TPSA) is 95.9 Å². The molecule has 6 nitrogen and oxygen atoms in total. The van der Waals surface area contributed by atoms with Gasteiger partial charge in [0.15, 0.2) is 0 Å². The fourth-order valence-corrected chi connectivity index (χ4v) is 8.68. The van der Waals surface area contributed by atoms with E-state index in [-0.39, 0.29) is 31.3 Å². The van der Waals surface area contributed by atoms with Crippen molar-refractivity contribution in [2.24, 2.45) is 0 Å². The Morgan fingerprint density at radius 3 is 1.23 bits per heavy atom. The van der Waals surface area contributed by atoms with Crippen molar-refractivity contribution in [3.63, 3.8) is 0 Å². The lowest BCUT2D eigenvalue weighted by molar-refractivity contribution is -0.150. The molecule has 3 atom stereocenters. The molecule has 408 valence electrons.